The molecule has 1 N–H and O–H groups in total. The molecule has 3 aliphatic rings. The van der Waals surface area contributed by atoms with Gasteiger partial charge in [0, 0.05) is 24.6 Å². The van der Waals surface area contributed by atoms with Gasteiger partial charge in [0.2, 0.25) is 5.91 Å². The highest BCUT2D eigenvalue weighted by molar-refractivity contribution is 6.30. The molecule has 130 valence electrons. The first-order chi connectivity index (χ1) is 11.3. The highest BCUT2D eigenvalue weighted by atomic mass is 35.5. The quantitative estimate of drug-likeness (QED) is 0.863. The van der Waals surface area contributed by atoms with Gasteiger partial charge in [0.15, 0.2) is 0 Å². The minimum Gasteiger partial charge on any atom is -0.373 e. The molecule has 1 aromatic carbocycles. The number of nitrogens with one attached hydrogen (secondary N) is 1. The summed E-state index contributed by atoms with van der Waals surface area (Å²) in [6.07, 6.45) is 3.52. The van der Waals surface area contributed by atoms with E-state index in [0.717, 1.165) is 18.1 Å². The Morgan fingerprint density at radius 2 is 2.17 bits per heavy atom. The summed E-state index contributed by atoms with van der Waals surface area (Å²) >= 11 is 6.21. The zero-order chi connectivity index (χ0) is 17.1. The fourth-order valence-corrected chi connectivity index (χ4v) is 6.20. The lowest BCUT2D eigenvalue weighted by Crippen LogP contribution is -2.58. The largest absolute Gasteiger partial charge is 0.373 e. The lowest BCUT2D eigenvalue weighted by molar-refractivity contribution is -0.135. The van der Waals surface area contributed by atoms with Gasteiger partial charge in [-0.3, -0.25) is 4.79 Å². The maximum Gasteiger partial charge on any atom is 0.217 e. The average molecular weight is 348 g/mol. The fourth-order valence-electron chi connectivity index (χ4n) is 6.00. The van der Waals surface area contributed by atoms with Crippen molar-refractivity contribution in [1.82, 2.24) is 5.32 Å². The van der Waals surface area contributed by atoms with E-state index < -0.39 is 0 Å². The Hall–Kier alpha value is -1.06. The first-order valence-corrected chi connectivity index (χ1v) is 9.36. The molecule has 0 aromatic heterocycles. The second-order valence-corrected chi connectivity index (χ2v) is 8.96. The van der Waals surface area contributed by atoms with Crippen LogP contribution in [0.1, 0.15) is 51.7 Å². The van der Waals surface area contributed by atoms with Gasteiger partial charge in [0.05, 0.1) is 6.10 Å². The summed E-state index contributed by atoms with van der Waals surface area (Å²) in [4.78, 5) is 11.9. The Morgan fingerprint density at radius 1 is 1.38 bits per heavy atom. The molecule has 1 heterocycles. The van der Waals surface area contributed by atoms with Gasteiger partial charge in [-0.2, -0.15) is 0 Å². The van der Waals surface area contributed by atoms with Gasteiger partial charge in [0.1, 0.15) is 0 Å². The molecule has 3 fully saturated rings. The first-order valence-electron chi connectivity index (χ1n) is 8.99. The SMILES string of the molecule is CC(=O)N[C@@H]1C(C)(C)[C@@H]2C[C@@H]3[C@@H](c4cccc(Cl)c4)OCC[C@@]31C2. The van der Waals surface area contributed by atoms with Crippen LogP contribution in [0.15, 0.2) is 24.3 Å². The minimum atomic E-state index is 0.0829. The molecule has 1 aromatic rings. The summed E-state index contributed by atoms with van der Waals surface area (Å²) in [5, 5.41) is 4.08. The van der Waals surface area contributed by atoms with Gasteiger partial charge >= 0.3 is 0 Å². The van der Waals surface area contributed by atoms with Crippen molar-refractivity contribution in [3.05, 3.63) is 34.9 Å². The number of hydrogen-bond donors (Lipinski definition) is 1. The van der Waals surface area contributed by atoms with Gasteiger partial charge in [-0.25, -0.2) is 0 Å². The van der Waals surface area contributed by atoms with E-state index in [1.165, 1.54) is 18.4 Å². The number of carbonyl (C=O) groups excluding carboxylic acids is 1. The standard InChI is InChI=1S/C20H26ClNO2/c1-12(23)22-18-19(2,3)14-10-16-17(13-5-4-6-15(21)9-13)24-8-7-20(16,18)11-14/h4-6,9,14,16-18H,7-8,10-11H2,1-3H3,(H,22,23)/t14-,16-,17-,18-,20-/m1/s1. The van der Waals surface area contributed by atoms with Crippen molar-refractivity contribution < 1.29 is 9.53 Å². The highest BCUT2D eigenvalue weighted by Gasteiger charge is 2.68. The van der Waals surface area contributed by atoms with E-state index in [4.69, 9.17) is 16.3 Å². The summed E-state index contributed by atoms with van der Waals surface area (Å²) in [5.74, 6) is 1.18. The molecule has 0 unspecified atom stereocenters. The maximum absolute atomic E-state index is 11.9. The molecule has 2 aliphatic carbocycles. The summed E-state index contributed by atoms with van der Waals surface area (Å²) in [6, 6.07) is 8.31. The molecule has 4 heteroatoms. The molecule has 5 atom stereocenters. The first kappa shape index (κ1) is 16.4. The maximum atomic E-state index is 11.9. The van der Waals surface area contributed by atoms with E-state index >= 15 is 0 Å². The van der Waals surface area contributed by atoms with Crippen LogP contribution in [-0.2, 0) is 9.53 Å². The van der Waals surface area contributed by atoms with Gasteiger partial charge < -0.3 is 10.1 Å². The minimum absolute atomic E-state index is 0.0829. The average Bonchev–Trinajstić information content (AvgIpc) is 3.00. The van der Waals surface area contributed by atoms with E-state index in [-0.39, 0.29) is 28.9 Å². The Kier molecular flexibility index (Phi) is 3.74. The molecule has 2 saturated carbocycles. The zero-order valence-electron chi connectivity index (χ0n) is 14.6. The van der Waals surface area contributed by atoms with Crippen LogP contribution in [-0.4, -0.2) is 18.6 Å². The van der Waals surface area contributed by atoms with Crippen LogP contribution >= 0.6 is 11.6 Å². The van der Waals surface area contributed by atoms with Crippen LogP contribution in [0.5, 0.6) is 0 Å². The lowest BCUT2D eigenvalue weighted by Gasteiger charge is -2.53. The van der Waals surface area contributed by atoms with Crippen LogP contribution < -0.4 is 5.32 Å². The summed E-state index contributed by atoms with van der Waals surface area (Å²) in [7, 11) is 0. The number of halogens is 1. The topological polar surface area (TPSA) is 38.3 Å². The summed E-state index contributed by atoms with van der Waals surface area (Å²) in [6.45, 7) is 7.05. The number of amides is 1. The van der Waals surface area contributed by atoms with Crippen LogP contribution in [0.4, 0.5) is 0 Å². The third kappa shape index (κ3) is 2.24. The van der Waals surface area contributed by atoms with Crippen molar-refractivity contribution >= 4 is 17.5 Å². The molecule has 1 spiro atoms. The number of carbonyl (C=O) groups is 1. The molecule has 4 rings (SSSR count). The monoisotopic (exact) mass is 347 g/mol. The normalized spacial score (nSPS) is 39.5. The molecule has 1 amide bonds. The number of benzene rings is 1. The summed E-state index contributed by atoms with van der Waals surface area (Å²) < 4.78 is 6.23. The Morgan fingerprint density at radius 3 is 2.88 bits per heavy atom. The van der Waals surface area contributed by atoms with Crippen molar-refractivity contribution in [3.63, 3.8) is 0 Å². The van der Waals surface area contributed by atoms with E-state index in [1.54, 1.807) is 6.92 Å². The van der Waals surface area contributed by atoms with Crippen LogP contribution in [0.25, 0.3) is 0 Å². The summed E-state index contributed by atoms with van der Waals surface area (Å²) in [5.41, 5.74) is 1.49. The Bertz CT molecular complexity index is 673. The predicted octanol–water partition coefficient (Wildman–Crippen LogP) is 4.36. The zero-order valence-corrected chi connectivity index (χ0v) is 15.4. The van der Waals surface area contributed by atoms with Gasteiger partial charge in [-0.1, -0.05) is 37.6 Å². The van der Waals surface area contributed by atoms with Crippen LogP contribution in [0.3, 0.4) is 0 Å². The molecule has 1 saturated heterocycles. The second kappa shape index (κ2) is 5.47. The van der Waals surface area contributed by atoms with E-state index in [0.29, 0.717) is 11.8 Å². The van der Waals surface area contributed by atoms with Crippen LogP contribution in [0.2, 0.25) is 5.02 Å². The molecule has 0 radical (unpaired) electrons. The Labute approximate surface area is 149 Å². The number of rotatable bonds is 2. The van der Waals surface area contributed by atoms with Crippen molar-refractivity contribution in [1.29, 1.82) is 0 Å². The molecular weight excluding hydrogens is 322 g/mol. The van der Waals surface area contributed by atoms with Crippen molar-refractivity contribution in [3.8, 4) is 0 Å². The predicted molar refractivity (Wildman–Crippen MR) is 94.8 cm³/mol. The van der Waals surface area contributed by atoms with E-state index in [9.17, 15) is 4.79 Å². The van der Waals surface area contributed by atoms with Crippen molar-refractivity contribution in [2.75, 3.05) is 6.61 Å². The Balaban J connectivity index is 1.72. The highest BCUT2D eigenvalue weighted by Crippen LogP contribution is 2.70. The van der Waals surface area contributed by atoms with Gasteiger partial charge in [0.25, 0.3) is 0 Å². The van der Waals surface area contributed by atoms with E-state index in [2.05, 4.69) is 25.2 Å². The smallest absolute Gasteiger partial charge is 0.217 e. The number of ether oxygens (including phenoxy) is 1. The molecule has 3 nitrogen and oxygen atoms in total. The van der Waals surface area contributed by atoms with Crippen LogP contribution in [0, 0.1) is 22.7 Å². The third-order valence-electron chi connectivity index (χ3n) is 7.03. The third-order valence-corrected chi connectivity index (χ3v) is 7.26. The van der Waals surface area contributed by atoms with Gasteiger partial charge in [-0.05, 0) is 59.6 Å². The fraction of sp³-hybridized carbons (Fsp3) is 0.650. The van der Waals surface area contributed by atoms with Gasteiger partial charge in [-0.15, -0.1) is 0 Å². The number of hydrogen-bond acceptors (Lipinski definition) is 2. The van der Waals surface area contributed by atoms with Crippen molar-refractivity contribution in [2.24, 2.45) is 22.7 Å². The van der Waals surface area contributed by atoms with E-state index in [1.807, 2.05) is 18.2 Å². The lowest BCUT2D eigenvalue weighted by atomic mass is 9.59. The van der Waals surface area contributed by atoms with Crippen molar-refractivity contribution in [2.45, 2.75) is 52.2 Å². The molecular formula is C20H26ClNO2. The number of fused-ring (bicyclic) bond motifs is 1. The second-order valence-electron chi connectivity index (χ2n) is 8.53. The molecule has 2 bridgehead atoms. The molecule has 24 heavy (non-hydrogen) atoms. The molecule has 1 aliphatic heterocycles.